The number of halogens is 1. The number of hydrogen-bond donors (Lipinski definition) is 1. The molecule has 0 spiro atoms. The van der Waals surface area contributed by atoms with Gasteiger partial charge in [-0.1, -0.05) is 23.7 Å². The van der Waals surface area contributed by atoms with Gasteiger partial charge in [-0.15, -0.1) is 0 Å². The van der Waals surface area contributed by atoms with E-state index in [0.29, 0.717) is 16.3 Å². The number of sulfonamides is 1. The number of ether oxygens (including phenoxy) is 3. The Balaban J connectivity index is 2.35. The molecule has 1 atom stereocenters. The van der Waals surface area contributed by atoms with Crippen LogP contribution in [0.2, 0.25) is 5.02 Å². The molecule has 0 aliphatic rings. The van der Waals surface area contributed by atoms with Gasteiger partial charge in [0.1, 0.15) is 11.5 Å². The fraction of sp³-hybridized carbons (Fsp3) is 0.316. The van der Waals surface area contributed by atoms with Crippen molar-refractivity contribution in [2.45, 2.75) is 24.3 Å². The third kappa shape index (κ3) is 5.60. The first-order valence-corrected chi connectivity index (χ1v) is 10.3. The maximum Gasteiger partial charge on any atom is 0.307 e. The van der Waals surface area contributed by atoms with Gasteiger partial charge in [-0.05, 0) is 36.8 Å². The second-order valence-corrected chi connectivity index (χ2v) is 7.87. The molecule has 2 aromatic carbocycles. The van der Waals surface area contributed by atoms with Gasteiger partial charge in [0.2, 0.25) is 10.0 Å². The van der Waals surface area contributed by atoms with Crippen molar-refractivity contribution in [2.75, 3.05) is 20.8 Å². The molecule has 0 saturated heterocycles. The summed E-state index contributed by atoms with van der Waals surface area (Å²) in [6, 6.07) is 10.0. The molecule has 7 nitrogen and oxygen atoms in total. The van der Waals surface area contributed by atoms with Crippen molar-refractivity contribution >= 4 is 27.6 Å². The molecule has 2 rings (SSSR count). The lowest BCUT2D eigenvalue weighted by Gasteiger charge is -2.19. The summed E-state index contributed by atoms with van der Waals surface area (Å²) in [5.41, 5.74) is 0.596. The lowest BCUT2D eigenvalue weighted by molar-refractivity contribution is -0.143. The molecule has 0 radical (unpaired) electrons. The van der Waals surface area contributed by atoms with Crippen LogP contribution in [0.4, 0.5) is 0 Å². The molecule has 0 aromatic heterocycles. The van der Waals surface area contributed by atoms with Crippen molar-refractivity contribution in [3.05, 3.63) is 53.1 Å². The zero-order chi connectivity index (χ0) is 20.7. The number of rotatable bonds is 9. The highest BCUT2D eigenvalue weighted by Crippen LogP contribution is 2.29. The van der Waals surface area contributed by atoms with Crippen molar-refractivity contribution in [1.82, 2.24) is 4.72 Å². The largest absolute Gasteiger partial charge is 0.497 e. The standard InChI is InChI=1S/C19H22ClNO6S/c1-4-27-19(22)12-17(13-5-7-14(25-2)8-6-13)21-28(23,24)15-9-10-16(20)18(11-15)26-3/h5-11,17,21H,4,12H2,1-3H3/t17-/m1/s1. The van der Waals surface area contributed by atoms with Crippen molar-refractivity contribution in [2.24, 2.45) is 0 Å². The van der Waals surface area contributed by atoms with Crippen molar-refractivity contribution in [1.29, 1.82) is 0 Å². The summed E-state index contributed by atoms with van der Waals surface area (Å²) in [6.45, 7) is 1.89. The fourth-order valence-electron chi connectivity index (χ4n) is 2.51. The molecule has 0 unspecified atom stereocenters. The normalized spacial score (nSPS) is 12.3. The SMILES string of the molecule is CCOC(=O)C[C@@H](NS(=O)(=O)c1ccc(Cl)c(OC)c1)c1ccc(OC)cc1. The quantitative estimate of drug-likeness (QED) is 0.617. The Hall–Kier alpha value is -2.29. The molecular formula is C19H22ClNO6S. The minimum Gasteiger partial charge on any atom is -0.497 e. The number of hydrogen-bond acceptors (Lipinski definition) is 6. The van der Waals surface area contributed by atoms with E-state index in [4.69, 9.17) is 25.8 Å². The van der Waals surface area contributed by atoms with Crippen molar-refractivity contribution < 1.29 is 27.4 Å². The molecule has 0 heterocycles. The van der Waals surface area contributed by atoms with Crippen LogP contribution in [-0.2, 0) is 19.6 Å². The van der Waals surface area contributed by atoms with E-state index in [1.807, 2.05) is 0 Å². The highest BCUT2D eigenvalue weighted by atomic mass is 35.5. The fourth-order valence-corrected chi connectivity index (χ4v) is 3.95. The number of esters is 1. The first kappa shape index (κ1) is 22.0. The van der Waals surface area contributed by atoms with Crippen LogP contribution in [0.3, 0.4) is 0 Å². The van der Waals surface area contributed by atoms with E-state index in [1.54, 1.807) is 31.2 Å². The summed E-state index contributed by atoms with van der Waals surface area (Å²) >= 11 is 5.97. The van der Waals surface area contributed by atoms with E-state index in [9.17, 15) is 13.2 Å². The maximum absolute atomic E-state index is 12.9. The maximum atomic E-state index is 12.9. The smallest absolute Gasteiger partial charge is 0.307 e. The monoisotopic (exact) mass is 427 g/mol. The van der Waals surface area contributed by atoms with Crippen molar-refractivity contribution in [3.63, 3.8) is 0 Å². The minimum atomic E-state index is -3.96. The van der Waals surface area contributed by atoms with Gasteiger partial charge in [0.25, 0.3) is 0 Å². The van der Waals surface area contributed by atoms with Crippen LogP contribution in [0, 0.1) is 0 Å². The van der Waals surface area contributed by atoms with Gasteiger partial charge >= 0.3 is 5.97 Å². The Kier molecular flexibility index (Phi) is 7.68. The molecule has 0 saturated carbocycles. The highest BCUT2D eigenvalue weighted by Gasteiger charge is 2.25. The van der Waals surface area contributed by atoms with Crippen LogP contribution >= 0.6 is 11.6 Å². The number of benzene rings is 2. The summed E-state index contributed by atoms with van der Waals surface area (Å²) in [6.07, 6.45) is -0.163. The third-order valence-electron chi connectivity index (χ3n) is 3.92. The summed E-state index contributed by atoms with van der Waals surface area (Å²) in [4.78, 5) is 12.0. The van der Waals surface area contributed by atoms with E-state index >= 15 is 0 Å². The Morgan fingerprint density at radius 2 is 1.79 bits per heavy atom. The van der Waals surface area contributed by atoms with Gasteiger partial charge in [-0.3, -0.25) is 4.79 Å². The zero-order valence-electron chi connectivity index (χ0n) is 15.8. The molecule has 1 N–H and O–H groups in total. The molecule has 0 amide bonds. The Morgan fingerprint density at radius 3 is 2.36 bits per heavy atom. The zero-order valence-corrected chi connectivity index (χ0v) is 17.3. The molecule has 0 fully saturated rings. The van der Waals surface area contributed by atoms with E-state index < -0.39 is 22.0 Å². The predicted octanol–water partition coefficient (Wildman–Crippen LogP) is 3.33. The molecule has 152 valence electrons. The van der Waals surface area contributed by atoms with Crippen LogP contribution in [-0.4, -0.2) is 35.2 Å². The van der Waals surface area contributed by atoms with Gasteiger partial charge < -0.3 is 14.2 Å². The van der Waals surface area contributed by atoms with Gasteiger partial charge in [-0.25, -0.2) is 13.1 Å². The average molecular weight is 428 g/mol. The Bertz CT molecular complexity index is 915. The number of carbonyl (C=O) groups is 1. The molecule has 0 bridgehead atoms. The Labute approximate surface area is 169 Å². The number of methoxy groups -OCH3 is 2. The first-order valence-electron chi connectivity index (χ1n) is 8.46. The molecule has 28 heavy (non-hydrogen) atoms. The van der Waals surface area contributed by atoms with Crippen LogP contribution in [0.1, 0.15) is 24.9 Å². The van der Waals surface area contributed by atoms with Crippen molar-refractivity contribution in [3.8, 4) is 11.5 Å². The summed E-state index contributed by atoms with van der Waals surface area (Å²) < 4.78 is 43.5. The van der Waals surface area contributed by atoms with E-state index in [2.05, 4.69) is 4.72 Å². The summed E-state index contributed by atoms with van der Waals surface area (Å²) in [7, 11) is -1.04. The minimum absolute atomic E-state index is 0.0314. The molecule has 0 aliphatic heterocycles. The highest BCUT2D eigenvalue weighted by molar-refractivity contribution is 7.89. The van der Waals surface area contributed by atoms with Gasteiger partial charge in [0.05, 0.1) is 43.2 Å². The van der Waals surface area contributed by atoms with Crippen LogP contribution in [0.15, 0.2) is 47.4 Å². The summed E-state index contributed by atoms with van der Waals surface area (Å²) in [5.74, 6) is 0.333. The lowest BCUT2D eigenvalue weighted by atomic mass is 10.0. The van der Waals surface area contributed by atoms with E-state index in [-0.39, 0.29) is 23.7 Å². The predicted molar refractivity (Wildman–Crippen MR) is 105 cm³/mol. The van der Waals surface area contributed by atoms with E-state index in [0.717, 1.165) is 0 Å². The molecule has 0 aliphatic carbocycles. The van der Waals surface area contributed by atoms with Crippen LogP contribution < -0.4 is 14.2 Å². The Morgan fingerprint density at radius 1 is 1.11 bits per heavy atom. The van der Waals surface area contributed by atoms with E-state index in [1.165, 1.54) is 32.4 Å². The molecule has 2 aromatic rings. The van der Waals surface area contributed by atoms with Crippen LogP contribution in [0.5, 0.6) is 11.5 Å². The van der Waals surface area contributed by atoms with Crippen LogP contribution in [0.25, 0.3) is 0 Å². The second-order valence-electron chi connectivity index (χ2n) is 5.75. The molecular weight excluding hydrogens is 406 g/mol. The first-order chi connectivity index (χ1) is 13.3. The van der Waals surface area contributed by atoms with Gasteiger partial charge in [0.15, 0.2) is 0 Å². The van der Waals surface area contributed by atoms with Gasteiger partial charge in [-0.2, -0.15) is 0 Å². The molecule has 9 heteroatoms. The van der Waals surface area contributed by atoms with Gasteiger partial charge in [0, 0.05) is 6.07 Å². The second kappa shape index (κ2) is 9.77. The third-order valence-corrected chi connectivity index (χ3v) is 5.71. The topological polar surface area (TPSA) is 90.9 Å². The average Bonchev–Trinajstić information content (AvgIpc) is 2.67. The summed E-state index contributed by atoms with van der Waals surface area (Å²) in [5, 5.41) is 0.291. The lowest BCUT2D eigenvalue weighted by Crippen LogP contribution is -2.30. The number of nitrogens with one attached hydrogen (secondary N) is 1. The number of carbonyl (C=O) groups excluding carboxylic acids is 1.